The molecule has 0 spiro atoms. The van der Waals surface area contributed by atoms with E-state index in [9.17, 15) is 28.6 Å². The molecule has 1 heterocycles. The Kier molecular flexibility index (Phi) is 4.79. The fourth-order valence-electron chi connectivity index (χ4n) is 3.44. The molecule has 0 saturated carbocycles. The Morgan fingerprint density at radius 2 is 1.33 bits per heavy atom. The number of hydrogen-bond donors (Lipinski definition) is 2. The van der Waals surface area contributed by atoms with E-state index in [1.54, 1.807) is 0 Å². The highest BCUT2D eigenvalue weighted by molar-refractivity contribution is 6.51. The summed E-state index contributed by atoms with van der Waals surface area (Å²) in [6, 6.07) is 14.6. The van der Waals surface area contributed by atoms with E-state index in [4.69, 9.17) is 0 Å². The molecule has 1 fully saturated rings. The van der Waals surface area contributed by atoms with Crippen molar-refractivity contribution in [1.29, 1.82) is 0 Å². The van der Waals surface area contributed by atoms with Crippen molar-refractivity contribution < 1.29 is 28.6 Å². The van der Waals surface area contributed by atoms with E-state index < -0.39 is 35.1 Å². The lowest BCUT2D eigenvalue weighted by atomic mass is 9.95. The van der Waals surface area contributed by atoms with Crippen molar-refractivity contribution in [3.05, 3.63) is 101 Å². The van der Waals surface area contributed by atoms with Gasteiger partial charge in [-0.2, -0.15) is 0 Å². The number of hydrogen-bond acceptors (Lipinski definition) is 4. The molecule has 5 nitrogen and oxygen atoms in total. The molecule has 1 aliphatic rings. The van der Waals surface area contributed by atoms with Gasteiger partial charge in [0, 0.05) is 11.3 Å². The van der Waals surface area contributed by atoms with Crippen molar-refractivity contribution in [2.45, 2.75) is 6.04 Å². The van der Waals surface area contributed by atoms with E-state index in [2.05, 4.69) is 0 Å². The lowest BCUT2D eigenvalue weighted by Gasteiger charge is -2.25. The second-order valence-electron chi connectivity index (χ2n) is 6.74. The number of phenolic OH excluding ortho intramolecular Hbond substituents is 1. The highest BCUT2D eigenvalue weighted by Crippen LogP contribution is 2.42. The minimum Gasteiger partial charge on any atom is -0.508 e. The number of aromatic hydroxyl groups is 1. The average Bonchev–Trinajstić information content (AvgIpc) is 3.00. The topological polar surface area (TPSA) is 77.8 Å². The maximum absolute atomic E-state index is 13.4. The number of anilines is 1. The Hall–Kier alpha value is -4.00. The summed E-state index contributed by atoms with van der Waals surface area (Å²) in [4.78, 5) is 26.9. The molecule has 3 aromatic rings. The number of benzene rings is 3. The zero-order valence-electron chi connectivity index (χ0n) is 15.4. The molecule has 4 rings (SSSR count). The first-order valence-electron chi connectivity index (χ1n) is 8.98. The zero-order chi connectivity index (χ0) is 21.4. The van der Waals surface area contributed by atoms with Crippen molar-refractivity contribution in [3.8, 4) is 5.75 Å². The number of halogens is 2. The first-order chi connectivity index (χ1) is 14.4. The van der Waals surface area contributed by atoms with E-state index >= 15 is 0 Å². The normalized spacial score (nSPS) is 18.1. The van der Waals surface area contributed by atoms with E-state index in [1.165, 1.54) is 48.5 Å². The van der Waals surface area contributed by atoms with Gasteiger partial charge in [-0.3, -0.25) is 14.5 Å². The summed E-state index contributed by atoms with van der Waals surface area (Å²) in [6.07, 6.45) is 0. The number of carbonyl (C=O) groups is 2. The third-order valence-electron chi connectivity index (χ3n) is 4.88. The molecule has 1 atom stereocenters. The fourth-order valence-corrected chi connectivity index (χ4v) is 3.44. The molecule has 0 radical (unpaired) electrons. The molecule has 0 aromatic heterocycles. The first kappa shape index (κ1) is 19.3. The van der Waals surface area contributed by atoms with Crippen molar-refractivity contribution in [1.82, 2.24) is 0 Å². The van der Waals surface area contributed by atoms with E-state index in [1.807, 2.05) is 0 Å². The number of phenols is 1. The largest absolute Gasteiger partial charge is 0.508 e. The molecule has 150 valence electrons. The van der Waals surface area contributed by atoms with Crippen LogP contribution in [0.15, 0.2) is 78.4 Å². The van der Waals surface area contributed by atoms with E-state index in [0.717, 1.165) is 29.2 Å². The SMILES string of the molecule is O=C1C(=O)N(c2ccc(F)cc2)C(c2ccc(O)cc2)/C1=C(\O)c1ccc(F)cc1. The van der Waals surface area contributed by atoms with Crippen LogP contribution in [-0.4, -0.2) is 21.9 Å². The third-order valence-corrected chi connectivity index (χ3v) is 4.88. The van der Waals surface area contributed by atoms with Gasteiger partial charge in [0.05, 0.1) is 11.6 Å². The molecule has 3 aromatic carbocycles. The van der Waals surface area contributed by atoms with Crippen molar-refractivity contribution >= 4 is 23.1 Å². The monoisotopic (exact) mass is 407 g/mol. The Balaban J connectivity index is 1.93. The van der Waals surface area contributed by atoms with Gasteiger partial charge in [-0.25, -0.2) is 8.78 Å². The predicted octanol–water partition coefficient (Wildman–Crippen LogP) is 4.30. The summed E-state index contributed by atoms with van der Waals surface area (Å²) >= 11 is 0. The number of aliphatic hydroxyl groups is 1. The fraction of sp³-hybridized carbons (Fsp3) is 0.0435. The maximum Gasteiger partial charge on any atom is 0.300 e. The van der Waals surface area contributed by atoms with Gasteiger partial charge >= 0.3 is 0 Å². The van der Waals surface area contributed by atoms with Crippen molar-refractivity contribution in [3.63, 3.8) is 0 Å². The number of ketones is 1. The molecule has 1 amide bonds. The lowest BCUT2D eigenvalue weighted by molar-refractivity contribution is -0.132. The van der Waals surface area contributed by atoms with Crippen LogP contribution in [0.4, 0.5) is 14.5 Å². The Bertz CT molecular complexity index is 1150. The van der Waals surface area contributed by atoms with Gasteiger partial charge in [0.1, 0.15) is 23.1 Å². The van der Waals surface area contributed by atoms with Gasteiger partial charge in [-0.15, -0.1) is 0 Å². The smallest absolute Gasteiger partial charge is 0.300 e. The molecule has 1 unspecified atom stereocenters. The second-order valence-corrected chi connectivity index (χ2v) is 6.74. The zero-order valence-corrected chi connectivity index (χ0v) is 15.4. The molecule has 0 bridgehead atoms. The van der Waals surface area contributed by atoms with Crippen LogP contribution < -0.4 is 4.90 Å². The van der Waals surface area contributed by atoms with E-state index in [0.29, 0.717) is 5.56 Å². The maximum atomic E-state index is 13.4. The number of aliphatic hydroxyl groups excluding tert-OH is 1. The predicted molar refractivity (Wildman–Crippen MR) is 106 cm³/mol. The number of rotatable bonds is 3. The molecular formula is C23H15F2NO4. The summed E-state index contributed by atoms with van der Waals surface area (Å²) in [5.74, 6) is -3.34. The van der Waals surface area contributed by atoms with Crippen LogP contribution in [0.2, 0.25) is 0 Å². The van der Waals surface area contributed by atoms with Crippen molar-refractivity contribution in [2.75, 3.05) is 4.90 Å². The Labute approximate surface area is 170 Å². The highest BCUT2D eigenvalue weighted by Gasteiger charge is 2.46. The molecule has 7 heteroatoms. The van der Waals surface area contributed by atoms with Crippen LogP contribution in [0.1, 0.15) is 17.2 Å². The molecule has 2 N–H and O–H groups in total. The first-order valence-corrected chi connectivity index (χ1v) is 8.98. The van der Waals surface area contributed by atoms with Crippen molar-refractivity contribution in [2.24, 2.45) is 0 Å². The quantitative estimate of drug-likeness (QED) is 0.386. The van der Waals surface area contributed by atoms with Gasteiger partial charge in [0.15, 0.2) is 0 Å². The van der Waals surface area contributed by atoms with Gasteiger partial charge in [-0.1, -0.05) is 12.1 Å². The van der Waals surface area contributed by atoms with E-state index in [-0.39, 0.29) is 22.6 Å². The minimum absolute atomic E-state index is 0.0176. The second kappa shape index (κ2) is 7.44. The van der Waals surface area contributed by atoms with Gasteiger partial charge < -0.3 is 10.2 Å². The standard InChI is InChI=1S/C23H15F2NO4/c24-15-5-1-14(2-6-15)21(28)19-20(13-3-11-18(27)12-4-13)26(23(30)22(19)29)17-9-7-16(25)8-10-17/h1-12,20,27-28H/b21-19+. The minimum atomic E-state index is -1.03. The summed E-state index contributed by atoms with van der Waals surface area (Å²) in [5.41, 5.74) is 0.675. The molecular weight excluding hydrogens is 392 g/mol. The van der Waals surface area contributed by atoms with Crippen LogP contribution >= 0.6 is 0 Å². The summed E-state index contributed by atoms with van der Waals surface area (Å²) < 4.78 is 26.7. The Morgan fingerprint density at radius 3 is 1.90 bits per heavy atom. The van der Waals surface area contributed by atoms with Gasteiger partial charge in [-0.05, 0) is 66.2 Å². The molecule has 1 aliphatic heterocycles. The Morgan fingerprint density at radius 1 is 0.800 bits per heavy atom. The van der Waals surface area contributed by atoms with Crippen LogP contribution in [-0.2, 0) is 9.59 Å². The molecule has 1 saturated heterocycles. The van der Waals surface area contributed by atoms with Crippen LogP contribution in [0.3, 0.4) is 0 Å². The third kappa shape index (κ3) is 3.30. The average molecular weight is 407 g/mol. The summed E-state index contributed by atoms with van der Waals surface area (Å²) in [7, 11) is 0. The lowest BCUT2D eigenvalue weighted by Crippen LogP contribution is -2.29. The summed E-state index contributed by atoms with van der Waals surface area (Å²) in [6.45, 7) is 0. The molecule has 0 aliphatic carbocycles. The summed E-state index contributed by atoms with van der Waals surface area (Å²) in [5, 5.41) is 20.5. The van der Waals surface area contributed by atoms with Crippen LogP contribution in [0.5, 0.6) is 5.75 Å². The number of carbonyl (C=O) groups excluding carboxylic acids is 2. The van der Waals surface area contributed by atoms with Gasteiger partial charge in [0.25, 0.3) is 11.7 Å². The van der Waals surface area contributed by atoms with Crippen LogP contribution in [0.25, 0.3) is 5.76 Å². The van der Waals surface area contributed by atoms with Crippen LogP contribution in [0, 0.1) is 11.6 Å². The number of nitrogens with zero attached hydrogens (tertiary/aromatic N) is 1. The number of amides is 1. The highest BCUT2D eigenvalue weighted by atomic mass is 19.1. The number of Topliss-reactive ketones (excluding diaryl/α,β-unsaturated/α-hetero) is 1. The van der Waals surface area contributed by atoms with Gasteiger partial charge in [0.2, 0.25) is 0 Å². The molecule has 30 heavy (non-hydrogen) atoms.